The maximum absolute atomic E-state index is 13.3. The lowest BCUT2D eigenvalue weighted by Gasteiger charge is -2.54. The highest BCUT2D eigenvalue weighted by Crippen LogP contribution is 2.50. The van der Waals surface area contributed by atoms with E-state index in [1.54, 1.807) is 17.3 Å². The Kier molecular flexibility index (Phi) is 6.97. The van der Waals surface area contributed by atoms with Crippen LogP contribution in [-0.2, 0) is 28.6 Å². The van der Waals surface area contributed by atoms with Gasteiger partial charge in [-0.1, -0.05) is 43.3 Å². The van der Waals surface area contributed by atoms with E-state index in [2.05, 4.69) is 4.90 Å². The Morgan fingerprint density at radius 2 is 1.51 bits per heavy atom. The van der Waals surface area contributed by atoms with E-state index < -0.39 is 33.5 Å². The van der Waals surface area contributed by atoms with E-state index in [1.807, 2.05) is 19.1 Å². The molecule has 2 aromatic carbocycles. The molecule has 2 bridgehead atoms. The quantitative estimate of drug-likeness (QED) is 0.528. The van der Waals surface area contributed by atoms with Gasteiger partial charge in [0.2, 0.25) is 10.0 Å². The lowest BCUT2D eigenvalue weighted by Crippen LogP contribution is -2.69. The van der Waals surface area contributed by atoms with Gasteiger partial charge in [0, 0.05) is 37.3 Å². The predicted octanol–water partition coefficient (Wildman–Crippen LogP) is 4.75. The zero-order valence-electron chi connectivity index (χ0n) is 20.5. The summed E-state index contributed by atoms with van der Waals surface area (Å²) in [5, 5.41) is 9.78. The Morgan fingerprint density at radius 3 is 2.00 bits per heavy atom. The molecule has 2 aromatic rings. The van der Waals surface area contributed by atoms with Crippen LogP contribution in [0, 0.1) is 6.92 Å². The average molecular weight is 551 g/mol. The number of nitrogens with zero attached hydrogens (tertiary/aromatic N) is 2. The van der Waals surface area contributed by atoms with Crippen LogP contribution in [0.4, 0.5) is 26.3 Å². The van der Waals surface area contributed by atoms with Crippen LogP contribution in [0.3, 0.4) is 0 Å². The number of hydrogen-bond donors (Lipinski definition) is 1. The summed E-state index contributed by atoms with van der Waals surface area (Å²) in [5.74, 6) is 0. The van der Waals surface area contributed by atoms with Crippen LogP contribution in [0.15, 0.2) is 36.4 Å². The molecule has 3 fully saturated rings. The lowest BCUT2D eigenvalue weighted by atomic mass is 9.86. The molecule has 3 aliphatic heterocycles. The number of aryl methyl sites for hydroxylation is 2. The molecule has 5 nitrogen and oxygen atoms in total. The van der Waals surface area contributed by atoms with Gasteiger partial charge >= 0.3 is 12.4 Å². The minimum atomic E-state index is -5.94. The normalized spacial score (nSPS) is 21.7. The molecule has 0 saturated carbocycles. The molecule has 5 rings (SSSR count). The van der Waals surface area contributed by atoms with Crippen LogP contribution in [0.5, 0.6) is 0 Å². The van der Waals surface area contributed by atoms with Crippen LogP contribution in [0.1, 0.15) is 35.6 Å². The molecule has 0 amide bonds. The molecular weight excluding hydrogens is 522 g/mol. The minimum Gasteiger partial charge on any atom is -0.369 e. The number of halogens is 6. The molecule has 1 N–H and O–H groups in total. The molecule has 0 aromatic heterocycles. The molecule has 3 saturated heterocycles. The van der Waals surface area contributed by atoms with Gasteiger partial charge in [0.25, 0.3) is 5.60 Å². The summed E-state index contributed by atoms with van der Waals surface area (Å²) in [7, 11) is -3.23. The number of fused-ring (bicyclic) bond motifs is 2. The fourth-order valence-electron chi connectivity index (χ4n) is 5.58. The molecule has 12 heteroatoms. The highest BCUT2D eigenvalue weighted by Gasteiger charge is 2.71. The van der Waals surface area contributed by atoms with Gasteiger partial charge in [-0.25, -0.2) is 8.42 Å². The van der Waals surface area contributed by atoms with Crippen molar-refractivity contribution in [3.63, 3.8) is 0 Å². The average Bonchev–Trinajstić information content (AvgIpc) is 2.75. The summed E-state index contributed by atoms with van der Waals surface area (Å²) < 4.78 is 105. The summed E-state index contributed by atoms with van der Waals surface area (Å²) in [6, 6.07) is 8.12. The van der Waals surface area contributed by atoms with E-state index in [0.717, 1.165) is 23.6 Å². The molecule has 2 unspecified atom stereocenters. The number of piperidine rings is 1. The third-order valence-electron chi connectivity index (χ3n) is 7.30. The van der Waals surface area contributed by atoms with Crippen LogP contribution < -0.4 is 0 Å². The largest absolute Gasteiger partial charge is 0.430 e. The van der Waals surface area contributed by atoms with Crippen molar-refractivity contribution < 1.29 is 39.9 Å². The summed E-state index contributed by atoms with van der Waals surface area (Å²) in [5.41, 5.74) is -3.08. The van der Waals surface area contributed by atoms with Crippen LogP contribution >= 0.6 is 0 Å². The fourth-order valence-corrected chi connectivity index (χ4v) is 6.97. The summed E-state index contributed by atoms with van der Waals surface area (Å²) in [6.07, 6.45) is -9.67. The molecular formula is C25H28F6N2O3S. The van der Waals surface area contributed by atoms with E-state index in [4.69, 9.17) is 0 Å². The van der Waals surface area contributed by atoms with Gasteiger partial charge < -0.3 is 5.11 Å². The second-order valence-electron chi connectivity index (χ2n) is 9.91. The van der Waals surface area contributed by atoms with Crippen LogP contribution in [0.2, 0.25) is 0 Å². The molecule has 0 radical (unpaired) electrons. The Morgan fingerprint density at radius 1 is 0.946 bits per heavy atom. The zero-order chi connectivity index (χ0) is 27.6. The Labute approximate surface area is 211 Å². The Balaban J connectivity index is 1.58. The zero-order valence-corrected chi connectivity index (χ0v) is 21.3. The van der Waals surface area contributed by atoms with Gasteiger partial charge in [0.15, 0.2) is 0 Å². The molecule has 3 heterocycles. The van der Waals surface area contributed by atoms with Crippen molar-refractivity contribution in [1.82, 2.24) is 9.21 Å². The highest BCUT2D eigenvalue weighted by molar-refractivity contribution is 7.88. The number of rotatable bonds is 6. The van der Waals surface area contributed by atoms with Crippen LogP contribution in [0.25, 0.3) is 11.1 Å². The number of piperazine rings is 1. The van der Waals surface area contributed by atoms with Gasteiger partial charge in [0.05, 0.1) is 6.26 Å². The van der Waals surface area contributed by atoms with Gasteiger partial charge in [-0.2, -0.15) is 30.6 Å². The lowest BCUT2D eigenvalue weighted by molar-refractivity contribution is -0.376. The minimum absolute atomic E-state index is 0.0354. The molecule has 37 heavy (non-hydrogen) atoms. The van der Waals surface area contributed by atoms with Gasteiger partial charge in [-0.15, -0.1) is 0 Å². The third-order valence-corrected chi connectivity index (χ3v) is 8.66. The maximum atomic E-state index is 13.3. The first-order valence-electron chi connectivity index (χ1n) is 11.8. The van der Waals surface area contributed by atoms with E-state index in [0.29, 0.717) is 36.8 Å². The highest BCUT2D eigenvalue weighted by atomic mass is 32.2. The van der Waals surface area contributed by atoms with Crippen molar-refractivity contribution in [3.05, 3.63) is 58.7 Å². The van der Waals surface area contributed by atoms with Gasteiger partial charge in [0.1, 0.15) is 0 Å². The number of sulfonamides is 1. The van der Waals surface area contributed by atoms with E-state index in [1.165, 1.54) is 12.3 Å². The van der Waals surface area contributed by atoms with Crippen molar-refractivity contribution in [2.75, 3.05) is 19.3 Å². The first-order valence-corrected chi connectivity index (χ1v) is 13.6. The monoisotopic (exact) mass is 550 g/mol. The van der Waals surface area contributed by atoms with E-state index in [-0.39, 0.29) is 24.1 Å². The maximum Gasteiger partial charge on any atom is 0.430 e. The number of benzene rings is 2. The number of aliphatic hydroxyl groups is 1. The van der Waals surface area contributed by atoms with Crippen molar-refractivity contribution in [2.24, 2.45) is 0 Å². The van der Waals surface area contributed by atoms with E-state index in [9.17, 15) is 39.9 Å². The molecule has 0 aliphatic carbocycles. The van der Waals surface area contributed by atoms with Crippen LogP contribution in [-0.4, -0.2) is 66.5 Å². The molecule has 204 valence electrons. The van der Waals surface area contributed by atoms with Crippen molar-refractivity contribution in [1.29, 1.82) is 0 Å². The number of alkyl halides is 6. The topological polar surface area (TPSA) is 60.9 Å². The number of hydrogen-bond acceptors (Lipinski definition) is 4. The second kappa shape index (κ2) is 9.25. The van der Waals surface area contributed by atoms with Crippen molar-refractivity contribution in [2.45, 2.75) is 63.3 Å². The summed E-state index contributed by atoms with van der Waals surface area (Å²) in [4.78, 5) is 2.18. The van der Waals surface area contributed by atoms with Crippen molar-refractivity contribution >= 4 is 10.0 Å². The smallest absolute Gasteiger partial charge is 0.369 e. The first-order chi connectivity index (χ1) is 17.0. The second-order valence-corrected chi connectivity index (χ2v) is 11.8. The summed E-state index contributed by atoms with van der Waals surface area (Å²) >= 11 is 0. The predicted molar refractivity (Wildman–Crippen MR) is 126 cm³/mol. The van der Waals surface area contributed by atoms with Crippen molar-refractivity contribution in [3.8, 4) is 11.1 Å². The Hall–Kier alpha value is -2.15. The Bertz CT molecular complexity index is 1270. The molecule has 0 spiro atoms. The fraction of sp³-hybridized carbons (Fsp3) is 0.520. The van der Waals surface area contributed by atoms with E-state index >= 15 is 0 Å². The molecule has 2 atom stereocenters. The standard InChI is InChI=1S/C25H28F6N2O3S/c1-4-17-10-18(23(34,24(26,27)28)25(29,30)31)6-8-22(17)21-7-5-16(9-15(21)2)12-32-13-19-11-20(14-32)33(19)37(3,35)36/h5-10,19-20,34H,4,11-14H2,1-3H3. The molecule has 3 aliphatic rings. The van der Waals surface area contributed by atoms with Gasteiger partial charge in [-0.05, 0) is 47.6 Å². The summed E-state index contributed by atoms with van der Waals surface area (Å²) in [6.45, 7) is 5.26. The first kappa shape index (κ1) is 27.9. The van der Waals surface area contributed by atoms with Gasteiger partial charge in [-0.3, -0.25) is 4.90 Å². The third kappa shape index (κ3) is 4.88. The SMILES string of the molecule is CCc1cc(C(O)(C(F)(F)F)C(F)(F)F)ccc1-c1ccc(CN2CC3CC(C2)N3S(C)(=O)=O)cc1C.